The quantitative estimate of drug-likeness (QED) is 0.665. The van der Waals surface area contributed by atoms with Crippen LogP contribution in [0, 0.1) is 0 Å². The summed E-state index contributed by atoms with van der Waals surface area (Å²) in [6.45, 7) is 4.62. The molecule has 4 N–H and O–H groups in total. The summed E-state index contributed by atoms with van der Waals surface area (Å²) in [5, 5.41) is 12.3. The van der Waals surface area contributed by atoms with Gasteiger partial charge in [0.25, 0.3) is 0 Å². The van der Waals surface area contributed by atoms with Crippen LogP contribution in [0.15, 0.2) is 18.2 Å². The van der Waals surface area contributed by atoms with Crippen molar-refractivity contribution < 1.29 is 9.90 Å². The first-order chi connectivity index (χ1) is 7.85. The molecule has 0 saturated heterocycles. The fourth-order valence-electron chi connectivity index (χ4n) is 1.97. The molecule has 0 aromatic heterocycles. The molecule has 17 heavy (non-hydrogen) atoms. The lowest BCUT2D eigenvalue weighted by Gasteiger charge is -2.35. The highest BCUT2D eigenvalue weighted by Gasteiger charge is 2.26. The Balaban J connectivity index is 2.36. The first-order valence-electron chi connectivity index (χ1n) is 5.52. The van der Waals surface area contributed by atoms with Crippen LogP contribution >= 0.6 is 0 Å². The van der Waals surface area contributed by atoms with Gasteiger partial charge in [0.05, 0.1) is 17.9 Å². The first kappa shape index (κ1) is 11.7. The summed E-state index contributed by atoms with van der Waals surface area (Å²) < 4.78 is 0. The normalized spacial score (nSPS) is 15.5. The van der Waals surface area contributed by atoms with Crippen LogP contribution in [0.5, 0.6) is 5.75 Å². The molecule has 0 saturated carbocycles. The van der Waals surface area contributed by atoms with Crippen LogP contribution in [-0.4, -0.2) is 29.6 Å². The minimum absolute atomic E-state index is 0.0626. The number of hydrogen-bond donors (Lipinski definition) is 3. The summed E-state index contributed by atoms with van der Waals surface area (Å²) in [4.78, 5) is 13.4. The number of nitrogens with two attached hydrogens (primary N) is 1. The van der Waals surface area contributed by atoms with Gasteiger partial charge in [-0.25, -0.2) is 0 Å². The van der Waals surface area contributed by atoms with Crippen molar-refractivity contribution in [3.63, 3.8) is 0 Å². The van der Waals surface area contributed by atoms with Gasteiger partial charge in [0.1, 0.15) is 5.75 Å². The van der Waals surface area contributed by atoms with Crippen LogP contribution in [0.3, 0.4) is 0 Å². The molecule has 1 aliphatic heterocycles. The number of fused-ring (bicyclic) bond motifs is 1. The molecule has 1 aromatic rings. The zero-order valence-electron chi connectivity index (χ0n) is 10.0. The molecule has 0 bridgehead atoms. The molecule has 92 valence electrons. The zero-order valence-corrected chi connectivity index (χ0v) is 10.0. The summed E-state index contributed by atoms with van der Waals surface area (Å²) in [6.07, 6.45) is 0. The highest BCUT2D eigenvalue weighted by atomic mass is 16.3. The Morgan fingerprint density at radius 1 is 1.53 bits per heavy atom. The Morgan fingerprint density at radius 3 is 2.88 bits per heavy atom. The van der Waals surface area contributed by atoms with Gasteiger partial charge in [0.2, 0.25) is 5.91 Å². The SMILES string of the molecule is CC(C)(N)CN1CC(=O)Nc2ccc(O)cc21. The van der Waals surface area contributed by atoms with Gasteiger partial charge in [0, 0.05) is 18.2 Å². The zero-order chi connectivity index (χ0) is 12.6. The lowest BCUT2D eigenvalue weighted by molar-refractivity contribution is -0.115. The second-order valence-corrected chi connectivity index (χ2v) is 5.09. The fraction of sp³-hybridized carbons (Fsp3) is 0.417. The van der Waals surface area contributed by atoms with Crippen molar-refractivity contribution in [2.45, 2.75) is 19.4 Å². The average molecular weight is 235 g/mol. The summed E-state index contributed by atoms with van der Waals surface area (Å²) in [7, 11) is 0. The van der Waals surface area contributed by atoms with Crippen LogP contribution in [-0.2, 0) is 4.79 Å². The fourth-order valence-corrected chi connectivity index (χ4v) is 1.97. The summed E-state index contributed by atoms with van der Waals surface area (Å²) in [6, 6.07) is 4.88. The van der Waals surface area contributed by atoms with Crippen molar-refractivity contribution >= 4 is 17.3 Å². The van der Waals surface area contributed by atoms with Gasteiger partial charge in [0.15, 0.2) is 0 Å². The number of hydrogen-bond acceptors (Lipinski definition) is 4. The minimum atomic E-state index is -0.402. The molecule has 0 unspecified atom stereocenters. The molecule has 0 radical (unpaired) electrons. The van der Waals surface area contributed by atoms with E-state index < -0.39 is 5.54 Å². The second-order valence-electron chi connectivity index (χ2n) is 5.09. The van der Waals surface area contributed by atoms with E-state index in [-0.39, 0.29) is 18.2 Å². The Labute approximate surface area is 100 Å². The number of nitrogens with zero attached hydrogens (tertiary/aromatic N) is 1. The average Bonchev–Trinajstić information content (AvgIpc) is 2.16. The largest absolute Gasteiger partial charge is 0.508 e. The van der Waals surface area contributed by atoms with Crippen molar-refractivity contribution in [2.75, 3.05) is 23.3 Å². The molecule has 0 atom stereocenters. The number of carbonyl (C=O) groups is 1. The van der Waals surface area contributed by atoms with E-state index in [9.17, 15) is 9.90 Å². The number of rotatable bonds is 2. The van der Waals surface area contributed by atoms with Crippen molar-refractivity contribution in [2.24, 2.45) is 5.73 Å². The maximum Gasteiger partial charge on any atom is 0.243 e. The number of phenolic OH excluding ortho intramolecular Hbond substituents is 1. The van der Waals surface area contributed by atoms with Gasteiger partial charge in [-0.3, -0.25) is 4.79 Å². The molecule has 5 heteroatoms. The van der Waals surface area contributed by atoms with E-state index in [1.807, 2.05) is 18.7 Å². The van der Waals surface area contributed by atoms with Gasteiger partial charge in [-0.2, -0.15) is 0 Å². The minimum Gasteiger partial charge on any atom is -0.508 e. The highest BCUT2D eigenvalue weighted by Crippen LogP contribution is 2.33. The van der Waals surface area contributed by atoms with Gasteiger partial charge >= 0.3 is 0 Å². The van der Waals surface area contributed by atoms with Gasteiger partial charge < -0.3 is 21.1 Å². The van der Waals surface area contributed by atoms with Gasteiger partial charge in [-0.05, 0) is 26.0 Å². The maximum absolute atomic E-state index is 11.6. The molecule has 0 spiro atoms. The van der Waals surface area contributed by atoms with Crippen molar-refractivity contribution in [1.82, 2.24) is 0 Å². The number of anilines is 2. The molecule has 1 aromatic carbocycles. The number of nitrogens with one attached hydrogen (secondary N) is 1. The van der Waals surface area contributed by atoms with E-state index in [1.54, 1.807) is 18.2 Å². The molecule has 0 fully saturated rings. The van der Waals surface area contributed by atoms with E-state index in [0.717, 1.165) is 5.69 Å². The van der Waals surface area contributed by atoms with Crippen molar-refractivity contribution in [3.05, 3.63) is 18.2 Å². The van der Waals surface area contributed by atoms with E-state index in [2.05, 4.69) is 5.32 Å². The molecule has 1 heterocycles. The smallest absolute Gasteiger partial charge is 0.243 e. The van der Waals surface area contributed by atoms with Crippen LogP contribution in [0.25, 0.3) is 0 Å². The molecule has 2 rings (SSSR count). The Kier molecular flexibility index (Phi) is 2.71. The molecular formula is C12H17N3O2. The molecule has 1 aliphatic rings. The number of carbonyl (C=O) groups excluding carboxylic acids is 1. The second kappa shape index (κ2) is 3.92. The van der Waals surface area contributed by atoms with Gasteiger partial charge in [-0.15, -0.1) is 0 Å². The number of benzene rings is 1. The predicted molar refractivity (Wildman–Crippen MR) is 67.2 cm³/mol. The van der Waals surface area contributed by atoms with Crippen LogP contribution < -0.4 is 16.0 Å². The number of aromatic hydroxyl groups is 1. The van der Waals surface area contributed by atoms with E-state index in [1.165, 1.54) is 0 Å². The lowest BCUT2D eigenvalue weighted by atomic mass is 10.0. The first-order valence-corrected chi connectivity index (χ1v) is 5.52. The molecule has 1 amide bonds. The highest BCUT2D eigenvalue weighted by molar-refractivity contribution is 6.01. The third kappa shape index (κ3) is 2.68. The van der Waals surface area contributed by atoms with E-state index >= 15 is 0 Å². The van der Waals surface area contributed by atoms with Gasteiger partial charge in [-0.1, -0.05) is 0 Å². The van der Waals surface area contributed by atoms with Crippen molar-refractivity contribution in [3.8, 4) is 5.75 Å². The van der Waals surface area contributed by atoms with E-state index in [0.29, 0.717) is 12.2 Å². The predicted octanol–water partition coefficient (Wildman–Crippen LogP) is 0.888. The Hall–Kier alpha value is -1.75. The molecular weight excluding hydrogens is 218 g/mol. The summed E-state index contributed by atoms with van der Waals surface area (Å²) in [5.41, 5.74) is 7.09. The number of amides is 1. The van der Waals surface area contributed by atoms with Crippen LogP contribution in [0.2, 0.25) is 0 Å². The molecule has 5 nitrogen and oxygen atoms in total. The topological polar surface area (TPSA) is 78.6 Å². The number of phenols is 1. The standard InChI is InChI=1S/C12H17N3O2/c1-12(2,13)7-15-6-11(17)14-9-4-3-8(16)5-10(9)15/h3-5,16H,6-7,13H2,1-2H3,(H,14,17). The monoisotopic (exact) mass is 235 g/mol. The third-order valence-electron chi connectivity index (χ3n) is 2.53. The lowest BCUT2D eigenvalue weighted by Crippen LogP contribution is -2.49. The van der Waals surface area contributed by atoms with E-state index in [4.69, 9.17) is 5.73 Å². The summed E-state index contributed by atoms with van der Waals surface area (Å²) in [5.74, 6) is 0.118. The molecule has 0 aliphatic carbocycles. The summed E-state index contributed by atoms with van der Waals surface area (Å²) >= 11 is 0. The Bertz CT molecular complexity index is 452. The van der Waals surface area contributed by atoms with Crippen molar-refractivity contribution in [1.29, 1.82) is 0 Å². The van der Waals surface area contributed by atoms with Crippen LogP contribution in [0.1, 0.15) is 13.8 Å². The third-order valence-corrected chi connectivity index (χ3v) is 2.53. The van der Waals surface area contributed by atoms with Crippen LogP contribution in [0.4, 0.5) is 11.4 Å². The Morgan fingerprint density at radius 2 is 2.24 bits per heavy atom. The maximum atomic E-state index is 11.6.